The van der Waals surface area contributed by atoms with Gasteiger partial charge in [-0.15, -0.1) is 0 Å². The van der Waals surface area contributed by atoms with Gasteiger partial charge in [0.15, 0.2) is 5.78 Å². The summed E-state index contributed by atoms with van der Waals surface area (Å²) in [6.45, 7) is 6.66. The number of para-hydroxylation sites is 1. The minimum Gasteiger partial charge on any atom is -0.360 e. The van der Waals surface area contributed by atoms with Crippen molar-refractivity contribution in [2.45, 2.75) is 13.5 Å². The van der Waals surface area contributed by atoms with Crippen LogP contribution in [0.3, 0.4) is 0 Å². The third-order valence-corrected chi connectivity index (χ3v) is 5.81. The number of amides is 1. The third-order valence-electron chi connectivity index (χ3n) is 5.81. The molecule has 1 fully saturated rings. The summed E-state index contributed by atoms with van der Waals surface area (Å²) in [5.41, 5.74) is 4.65. The maximum atomic E-state index is 12.4. The maximum absolute atomic E-state index is 12.4. The Morgan fingerprint density at radius 2 is 1.45 bits per heavy atom. The molecule has 0 unspecified atom stereocenters. The molecule has 0 spiro atoms. The molecule has 0 bridgehead atoms. The van der Waals surface area contributed by atoms with Gasteiger partial charge in [0.25, 0.3) is 5.91 Å². The molecule has 0 atom stereocenters. The summed E-state index contributed by atoms with van der Waals surface area (Å²) in [6.07, 6.45) is 0. The fourth-order valence-corrected chi connectivity index (χ4v) is 3.95. The Balaban J connectivity index is 1.28. The molecule has 0 aliphatic carbocycles. The van der Waals surface area contributed by atoms with Gasteiger partial charge < -0.3 is 15.1 Å². The molecule has 2 N–H and O–H groups in total. The fourth-order valence-electron chi connectivity index (χ4n) is 3.95. The van der Waals surface area contributed by atoms with E-state index in [1.54, 1.807) is 6.92 Å². The van der Waals surface area contributed by atoms with Crippen molar-refractivity contribution in [3.8, 4) is 0 Å². The molecule has 5 nitrogen and oxygen atoms in total. The van der Waals surface area contributed by atoms with Crippen LogP contribution >= 0.6 is 0 Å². The molecule has 158 valence electrons. The SMILES string of the molecule is CC(=O)c1ccc(N2CC[NH+](Cc3ccc(C(=O)Nc4ccccc4)cc3)CC2)cc1. The number of hydrogen-bond donors (Lipinski definition) is 2. The van der Waals surface area contributed by atoms with Gasteiger partial charge in [0.1, 0.15) is 6.54 Å². The van der Waals surface area contributed by atoms with Crippen LogP contribution in [0, 0.1) is 0 Å². The van der Waals surface area contributed by atoms with Crippen LogP contribution in [0.2, 0.25) is 0 Å². The minimum atomic E-state index is -0.0884. The second kappa shape index (κ2) is 9.58. The molecule has 0 saturated carbocycles. The van der Waals surface area contributed by atoms with Crippen LogP contribution in [0.4, 0.5) is 11.4 Å². The van der Waals surface area contributed by atoms with E-state index in [2.05, 4.69) is 22.3 Å². The number of benzene rings is 3. The van der Waals surface area contributed by atoms with E-state index in [0.717, 1.165) is 44.0 Å². The first-order valence-corrected chi connectivity index (χ1v) is 10.7. The molecule has 0 aromatic heterocycles. The first kappa shape index (κ1) is 20.8. The summed E-state index contributed by atoms with van der Waals surface area (Å²) in [7, 11) is 0. The summed E-state index contributed by atoms with van der Waals surface area (Å²) in [4.78, 5) is 27.8. The van der Waals surface area contributed by atoms with Gasteiger partial charge in [-0.2, -0.15) is 0 Å². The molecule has 1 amide bonds. The summed E-state index contributed by atoms with van der Waals surface area (Å²) in [5.74, 6) is 0.0129. The quantitative estimate of drug-likeness (QED) is 0.610. The summed E-state index contributed by atoms with van der Waals surface area (Å²) < 4.78 is 0. The number of hydrogen-bond acceptors (Lipinski definition) is 3. The maximum Gasteiger partial charge on any atom is 0.255 e. The van der Waals surface area contributed by atoms with Crippen molar-refractivity contribution >= 4 is 23.1 Å². The van der Waals surface area contributed by atoms with Gasteiger partial charge in [-0.25, -0.2) is 0 Å². The highest BCUT2D eigenvalue weighted by Crippen LogP contribution is 2.16. The average Bonchev–Trinajstić information content (AvgIpc) is 2.81. The topological polar surface area (TPSA) is 53.9 Å². The first-order valence-electron chi connectivity index (χ1n) is 10.7. The number of nitrogens with one attached hydrogen (secondary N) is 2. The molecule has 1 saturated heterocycles. The fraction of sp³-hybridized carbons (Fsp3) is 0.231. The number of ketones is 1. The largest absolute Gasteiger partial charge is 0.360 e. The van der Waals surface area contributed by atoms with E-state index in [4.69, 9.17) is 0 Å². The number of anilines is 2. The monoisotopic (exact) mass is 414 g/mol. The van der Waals surface area contributed by atoms with Crippen LogP contribution in [0.1, 0.15) is 33.2 Å². The van der Waals surface area contributed by atoms with Gasteiger partial charge in [-0.1, -0.05) is 30.3 Å². The van der Waals surface area contributed by atoms with E-state index in [0.29, 0.717) is 5.56 Å². The average molecular weight is 415 g/mol. The summed E-state index contributed by atoms with van der Waals surface area (Å²) in [6, 6.07) is 25.3. The van der Waals surface area contributed by atoms with E-state index in [1.807, 2.05) is 66.7 Å². The van der Waals surface area contributed by atoms with Crippen molar-refractivity contribution < 1.29 is 14.5 Å². The minimum absolute atomic E-state index is 0.0884. The lowest BCUT2D eigenvalue weighted by molar-refractivity contribution is -0.914. The van der Waals surface area contributed by atoms with E-state index in [9.17, 15) is 9.59 Å². The lowest BCUT2D eigenvalue weighted by Gasteiger charge is -2.33. The standard InChI is InChI=1S/C26H27N3O2/c1-20(30)22-11-13-25(14-12-22)29-17-15-28(16-18-29)19-21-7-9-23(10-8-21)26(31)27-24-5-3-2-4-6-24/h2-14H,15-19H2,1H3,(H,27,31)/p+1. The van der Waals surface area contributed by atoms with Crippen LogP contribution < -0.4 is 15.1 Å². The van der Waals surface area contributed by atoms with Gasteiger partial charge in [0, 0.05) is 28.1 Å². The number of rotatable bonds is 6. The molecular formula is C26H28N3O2+. The smallest absolute Gasteiger partial charge is 0.255 e. The zero-order valence-corrected chi connectivity index (χ0v) is 17.8. The lowest BCUT2D eigenvalue weighted by Crippen LogP contribution is -3.13. The van der Waals surface area contributed by atoms with Crippen LogP contribution in [0.15, 0.2) is 78.9 Å². The zero-order chi connectivity index (χ0) is 21.6. The van der Waals surface area contributed by atoms with Gasteiger partial charge in [0.2, 0.25) is 0 Å². The van der Waals surface area contributed by atoms with Gasteiger partial charge >= 0.3 is 0 Å². The molecule has 31 heavy (non-hydrogen) atoms. The van der Waals surface area contributed by atoms with Crippen molar-refractivity contribution in [2.24, 2.45) is 0 Å². The second-order valence-corrected chi connectivity index (χ2v) is 8.03. The molecule has 4 rings (SSSR count). The highest BCUT2D eigenvalue weighted by Gasteiger charge is 2.20. The Labute approximate surface area is 183 Å². The van der Waals surface area contributed by atoms with Crippen molar-refractivity contribution in [3.05, 3.63) is 95.6 Å². The normalized spacial score (nSPS) is 14.3. The molecule has 1 aliphatic rings. The Morgan fingerprint density at radius 1 is 0.839 bits per heavy atom. The molecule has 1 aliphatic heterocycles. The van der Waals surface area contributed by atoms with E-state index in [1.165, 1.54) is 16.2 Å². The van der Waals surface area contributed by atoms with Crippen LogP contribution in [0.25, 0.3) is 0 Å². The number of nitrogens with zero attached hydrogens (tertiary/aromatic N) is 1. The molecule has 0 radical (unpaired) electrons. The van der Waals surface area contributed by atoms with E-state index < -0.39 is 0 Å². The molecule has 5 heteroatoms. The van der Waals surface area contributed by atoms with Crippen LogP contribution in [-0.2, 0) is 6.54 Å². The highest BCUT2D eigenvalue weighted by atomic mass is 16.1. The first-order chi connectivity index (χ1) is 15.1. The molecule has 1 heterocycles. The number of carbonyl (C=O) groups excluding carboxylic acids is 2. The van der Waals surface area contributed by atoms with Gasteiger partial charge in [-0.3, -0.25) is 9.59 Å². The summed E-state index contributed by atoms with van der Waals surface area (Å²) >= 11 is 0. The second-order valence-electron chi connectivity index (χ2n) is 8.03. The highest BCUT2D eigenvalue weighted by molar-refractivity contribution is 6.04. The Morgan fingerprint density at radius 3 is 2.06 bits per heavy atom. The van der Waals surface area contributed by atoms with Gasteiger partial charge in [0.05, 0.1) is 26.2 Å². The Kier molecular flexibility index (Phi) is 6.43. The lowest BCUT2D eigenvalue weighted by atomic mass is 10.1. The molecule has 3 aromatic carbocycles. The van der Waals surface area contributed by atoms with Crippen molar-refractivity contribution in [1.29, 1.82) is 0 Å². The predicted octanol–water partition coefficient (Wildman–Crippen LogP) is 3.05. The van der Waals surface area contributed by atoms with Crippen molar-refractivity contribution in [3.63, 3.8) is 0 Å². The molecular weight excluding hydrogens is 386 g/mol. The van der Waals surface area contributed by atoms with E-state index >= 15 is 0 Å². The zero-order valence-electron chi connectivity index (χ0n) is 17.8. The van der Waals surface area contributed by atoms with Crippen molar-refractivity contribution in [1.82, 2.24) is 0 Å². The Bertz CT molecular complexity index is 1020. The predicted molar refractivity (Wildman–Crippen MR) is 124 cm³/mol. The third kappa shape index (κ3) is 5.38. The van der Waals surface area contributed by atoms with Crippen LogP contribution in [0.5, 0.6) is 0 Å². The summed E-state index contributed by atoms with van der Waals surface area (Å²) in [5, 5.41) is 2.92. The number of carbonyl (C=O) groups is 2. The van der Waals surface area contributed by atoms with Gasteiger partial charge in [-0.05, 0) is 55.5 Å². The van der Waals surface area contributed by atoms with E-state index in [-0.39, 0.29) is 11.7 Å². The number of piperazine rings is 1. The molecule has 3 aromatic rings. The van der Waals surface area contributed by atoms with Crippen LogP contribution in [-0.4, -0.2) is 37.9 Å². The number of Topliss-reactive ketones (excluding diaryl/α,β-unsaturated/α-hetero) is 1. The van der Waals surface area contributed by atoms with Crippen molar-refractivity contribution in [2.75, 3.05) is 36.4 Å². The Hall–Kier alpha value is -3.44. The number of quaternary nitrogens is 1.